The van der Waals surface area contributed by atoms with E-state index in [1.165, 1.54) is 13.8 Å². The Morgan fingerprint density at radius 3 is 1.83 bits per heavy atom. The highest BCUT2D eigenvalue weighted by Gasteiger charge is 2.18. The summed E-state index contributed by atoms with van der Waals surface area (Å²) >= 11 is 0. The molecule has 3 aromatic carbocycles. The van der Waals surface area contributed by atoms with Gasteiger partial charge in [0.1, 0.15) is 30.5 Å². The van der Waals surface area contributed by atoms with Crippen molar-refractivity contribution in [2.24, 2.45) is 0 Å². The average molecular weight is 388 g/mol. The molecule has 3 rings (SSSR count). The third-order valence-electron chi connectivity index (χ3n) is 4.43. The molecule has 0 spiro atoms. The summed E-state index contributed by atoms with van der Waals surface area (Å²) in [6.45, 7) is 3.70. The van der Waals surface area contributed by atoms with Gasteiger partial charge in [0.25, 0.3) is 0 Å². The number of carbonyl (C=O) groups is 2. The molecule has 0 bridgehead atoms. The van der Waals surface area contributed by atoms with Crippen LogP contribution in [0.1, 0.15) is 40.9 Å². The van der Waals surface area contributed by atoms with Gasteiger partial charge in [-0.3, -0.25) is 9.59 Å². The molecule has 0 atom stereocenters. The van der Waals surface area contributed by atoms with Gasteiger partial charge in [-0.15, -0.1) is 0 Å². The minimum atomic E-state index is -0.140. The van der Waals surface area contributed by atoms with E-state index in [-0.39, 0.29) is 18.0 Å². The van der Waals surface area contributed by atoms with Crippen LogP contribution >= 0.6 is 0 Å². The van der Waals surface area contributed by atoms with E-state index >= 15 is 0 Å². The summed E-state index contributed by atoms with van der Waals surface area (Å²) in [5.74, 6) is 0.835. The van der Waals surface area contributed by atoms with E-state index in [2.05, 4.69) is 0 Å². The van der Waals surface area contributed by atoms with Crippen molar-refractivity contribution in [3.63, 3.8) is 0 Å². The zero-order valence-corrected chi connectivity index (χ0v) is 16.7. The number of ether oxygens (including phenoxy) is 2. The molecule has 0 N–H and O–H groups in total. The maximum absolute atomic E-state index is 12.3. The molecule has 0 saturated carbocycles. The van der Waals surface area contributed by atoms with Gasteiger partial charge < -0.3 is 9.47 Å². The van der Waals surface area contributed by atoms with Crippen LogP contribution in [-0.4, -0.2) is 11.6 Å². The van der Waals surface area contributed by atoms with E-state index in [1.54, 1.807) is 12.1 Å². The molecule has 0 unspecified atom stereocenters. The van der Waals surface area contributed by atoms with Gasteiger partial charge in [-0.25, -0.2) is 0 Å². The molecular weight excluding hydrogens is 364 g/mol. The number of carbonyl (C=O) groups excluding carboxylic acids is 2. The number of Topliss-reactive ketones (excluding diaryl/α,β-unsaturated/α-hetero) is 2. The maximum Gasteiger partial charge on any atom is 0.163 e. The Morgan fingerprint density at radius 1 is 0.759 bits per heavy atom. The molecule has 148 valence electrons. The lowest BCUT2D eigenvalue weighted by molar-refractivity contribution is -0.116. The standard InChI is InChI=1S/C25H24O4/c1-18(26)13-22-14-23(28-16-20-9-5-3-6-10-20)15-24(25(22)19(2)27)29-17-21-11-7-4-8-12-21/h3-12,14-15H,13,16-17H2,1-2H3. The van der Waals surface area contributed by atoms with E-state index in [1.807, 2.05) is 60.7 Å². The Kier molecular flexibility index (Phi) is 6.80. The van der Waals surface area contributed by atoms with Crippen molar-refractivity contribution in [1.29, 1.82) is 0 Å². The van der Waals surface area contributed by atoms with Gasteiger partial charge in [0.05, 0.1) is 5.56 Å². The van der Waals surface area contributed by atoms with E-state index in [0.717, 1.165) is 11.1 Å². The minimum absolute atomic E-state index is 0.0262. The molecule has 0 amide bonds. The molecule has 4 nitrogen and oxygen atoms in total. The molecule has 0 aliphatic carbocycles. The predicted octanol–water partition coefficient (Wildman–Crippen LogP) is 5.18. The molecular formula is C25H24O4. The highest BCUT2D eigenvalue weighted by Crippen LogP contribution is 2.31. The van der Waals surface area contributed by atoms with Gasteiger partial charge in [-0.05, 0) is 36.6 Å². The third-order valence-corrected chi connectivity index (χ3v) is 4.43. The molecule has 0 fully saturated rings. The summed E-state index contributed by atoms with van der Waals surface area (Å²) in [7, 11) is 0. The van der Waals surface area contributed by atoms with Crippen molar-refractivity contribution in [3.8, 4) is 11.5 Å². The fourth-order valence-corrected chi connectivity index (χ4v) is 3.13. The highest BCUT2D eigenvalue weighted by atomic mass is 16.5. The van der Waals surface area contributed by atoms with Crippen molar-refractivity contribution in [3.05, 3.63) is 95.1 Å². The van der Waals surface area contributed by atoms with E-state index < -0.39 is 0 Å². The Labute approximate surface area is 171 Å². The highest BCUT2D eigenvalue weighted by molar-refractivity contribution is 5.99. The van der Waals surface area contributed by atoms with Crippen LogP contribution in [0.5, 0.6) is 11.5 Å². The minimum Gasteiger partial charge on any atom is -0.489 e. The Morgan fingerprint density at radius 2 is 1.31 bits per heavy atom. The summed E-state index contributed by atoms with van der Waals surface area (Å²) in [6.07, 6.45) is 0.152. The second kappa shape index (κ2) is 9.69. The Hall–Kier alpha value is -3.40. The maximum atomic E-state index is 12.3. The first-order chi connectivity index (χ1) is 14.0. The normalized spacial score (nSPS) is 10.4. The summed E-state index contributed by atoms with van der Waals surface area (Å²) < 4.78 is 11.9. The van der Waals surface area contributed by atoms with Crippen LogP contribution in [0.25, 0.3) is 0 Å². The molecule has 0 aliphatic rings. The van der Waals surface area contributed by atoms with Crippen molar-refractivity contribution >= 4 is 11.6 Å². The van der Waals surface area contributed by atoms with Crippen molar-refractivity contribution in [1.82, 2.24) is 0 Å². The van der Waals surface area contributed by atoms with Crippen LogP contribution in [0.4, 0.5) is 0 Å². The summed E-state index contributed by atoms with van der Waals surface area (Å²) in [4.78, 5) is 24.1. The second-order valence-electron chi connectivity index (χ2n) is 6.94. The van der Waals surface area contributed by atoms with Gasteiger partial charge in [0, 0.05) is 12.5 Å². The lowest BCUT2D eigenvalue weighted by Crippen LogP contribution is -2.09. The van der Waals surface area contributed by atoms with E-state index in [9.17, 15) is 9.59 Å². The van der Waals surface area contributed by atoms with Gasteiger partial charge in [-0.2, -0.15) is 0 Å². The number of ketones is 2. The molecule has 0 heterocycles. The Bertz CT molecular complexity index is 978. The van der Waals surface area contributed by atoms with Gasteiger partial charge in [0.2, 0.25) is 0 Å². The van der Waals surface area contributed by atoms with Crippen LogP contribution in [0.2, 0.25) is 0 Å². The van der Waals surface area contributed by atoms with Crippen LogP contribution in [0.15, 0.2) is 72.8 Å². The monoisotopic (exact) mass is 388 g/mol. The fraction of sp³-hybridized carbons (Fsp3) is 0.200. The molecule has 0 radical (unpaired) electrons. The number of hydrogen-bond donors (Lipinski definition) is 0. The summed E-state index contributed by atoms with van der Waals surface area (Å²) in [5, 5.41) is 0. The zero-order valence-electron chi connectivity index (χ0n) is 16.7. The third kappa shape index (κ3) is 5.79. The predicted molar refractivity (Wildman–Crippen MR) is 112 cm³/mol. The zero-order chi connectivity index (χ0) is 20.6. The van der Waals surface area contributed by atoms with Crippen molar-refractivity contribution < 1.29 is 19.1 Å². The van der Waals surface area contributed by atoms with E-state index in [0.29, 0.717) is 35.8 Å². The van der Waals surface area contributed by atoms with Gasteiger partial charge in [-0.1, -0.05) is 60.7 Å². The molecule has 0 saturated heterocycles. The summed E-state index contributed by atoms with van der Waals surface area (Å²) in [5.41, 5.74) is 3.08. The SMILES string of the molecule is CC(=O)Cc1cc(OCc2ccccc2)cc(OCc2ccccc2)c1C(C)=O. The topological polar surface area (TPSA) is 52.6 Å². The molecule has 4 heteroatoms. The molecule has 0 aromatic heterocycles. The fourth-order valence-electron chi connectivity index (χ4n) is 3.13. The number of benzene rings is 3. The van der Waals surface area contributed by atoms with Crippen LogP contribution in [-0.2, 0) is 24.4 Å². The molecule has 29 heavy (non-hydrogen) atoms. The number of rotatable bonds is 9. The first-order valence-electron chi connectivity index (χ1n) is 9.53. The average Bonchev–Trinajstić information content (AvgIpc) is 2.71. The van der Waals surface area contributed by atoms with Crippen molar-refractivity contribution in [2.75, 3.05) is 0 Å². The van der Waals surface area contributed by atoms with Gasteiger partial charge >= 0.3 is 0 Å². The lowest BCUT2D eigenvalue weighted by atomic mass is 9.98. The van der Waals surface area contributed by atoms with Crippen LogP contribution in [0, 0.1) is 0 Å². The molecule has 0 aliphatic heterocycles. The largest absolute Gasteiger partial charge is 0.489 e. The quantitative estimate of drug-likeness (QED) is 0.474. The lowest BCUT2D eigenvalue weighted by Gasteiger charge is -2.16. The first-order valence-corrected chi connectivity index (χ1v) is 9.53. The smallest absolute Gasteiger partial charge is 0.163 e. The van der Waals surface area contributed by atoms with Crippen LogP contribution in [0.3, 0.4) is 0 Å². The second-order valence-corrected chi connectivity index (χ2v) is 6.94. The molecule has 3 aromatic rings. The number of hydrogen-bond acceptors (Lipinski definition) is 4. The first kappa shape index (κ1) is 20.3. The van der Waals surface area contributed by atoms with Crippen molar-refractivity contribution in [2.45, 2.75) is 33.5 Å². The Balaban J connectivity index is 1.91. The summed E-state index contributed by atoms with van der Waals surface area (Å²) in [6, 6.07) is 23.0. The van der Waals surface area contributed by atoms with E-state index in [4.69, 9.17) is 9.47 Å². The van der Waals surface area contributed by atoms with Gasteiger partial charge in [0.15, 0.2) is 5.78 Å². The van der Waals surface area contributed by atoms with Crippen LogP contribution < -0.4 is 9.47 Å².